The first-order valence-electron chi connectivity index (χ1n) is 3.96. The van der Waals surface area contributed by atoms with Gasteiger partial charge in [-0.15, -0.1) is 0 Å². The molecule has 0 amide bonds. The maximum atomic E-state index is 5.65. The standard InChI is InChI=1S/C7H9N5O/c1-2-13-7-11-5(8)4-6(12-7)10-3-9-4/h3H,2H2,1H3,(H3,8,9,10,11,12)/p+1. The summed E-state index contributed by atoms with van der Waals surface area (Å²) in [6.45, 7) is 2.39. The van der Waals surface area contributed by atoms with Crippen molar-refractivity contribution in [1.82, 2.24) is 15.0 Å². The van der Waals surface area contributed by atoms with E-state index in [9.17, 15) is 0 Å². The lowest BCUT2D eigenvalue weighted by Gasteiger charge is -1.96. The van der Waals surface area contributed by atoms with Gasteiger partial charge in [-0.25, -0.2) is 4.98 Å². The van der Waals surface area contributed by atoms with Gasteiger partial charge in [0.05, 0.1) is 6.61 Å². The summed E-state index contributed by atoms with van der Waals surface area (Å²) in [6, 6.07) is 0.295. The lowest BCUT2D eigenvalue weighted by atomic mass is 10.5. The molecule has 0 aliphatic heterocycles. The quantitative estimate of drug-likeness (QED) is 0.666. The Kier molecular flexibility index (Phi) is 1.73. The molecule has 0 saturated carbocycles. The summed E-state index contributed by atoms with van der Waals surface area (Å²) in [6.07, 6.45) is 1.64. The van der Waals surface area contributed by atoms with Crippen LogP contribution in [0.5, 0.6) is 6.01 Å². The number of nitrogens with two attached hydrogens (primary N) is 1. The summed E-state index contributed by atoms with van der Waals surface area (Å²) in [4.78, 5) is 13.8. The van der Waals surface area contributed by atoms with Gasteiger partial charge in [0.15, 0.2) is 12.1 Å². The fraction of sp³-hybridized carbons (Fsp3) is 0.286. The molecule has 6 heteroatoms. The number of hydrogen-bond donors (Lipinski definition) is 2. The molecule has 0 bridgehead atoms. The first kappa shape index (κ1) is 7.78. The molecular weight excluding hydrogens is 170 g/mol. The molecule has 0 aliphatic rings. The molecule has 0 fully saturated rings. The van der Waals surface area contributed by atoms with Gasteiger partial charge in [-0.1, -0.05) is 0 Å². The number of imidazole rings is 1. The van der Waals surface area contributed by atoms with Gasteiger partial charge in [-0.3, -0.25) is 4.98 Å². The average molecular weight is 180 g/mol. The summed E-state index contributed by atoms with van der Waals surface area (Å²) in [7, 11) is 0. The zero-order chi connectivity index (χ0) is 9.26. The molecule has 2 heterocycles. The predicted molar refractivity (Wildman–Crippen MR) is 46.0 cm³/mol. The Balaban J connectivity index is 2.56. The van der Waals surface area contributed by atoms with Crippen LogP contribution in [0.3, 0.4) is 0 Å². The smallest absolute Gasteiger partial charge is 0.397 e. The van der Waals surface area contributed by atoms with Crippen LogP contribution in [0.25, 0.3) is 11.2 Å². The van der Waals surface area contributed by atoms with Crippen LogP contribution in [0.1, 0.15) is 6.92 Å². The first-order valence-corrected chi connectivity index (χ1v) is 3.96. The van der Waals surface area contributed by atoms with Gasteiger partial charge in [0.2, 0.25) is 5.52 Å². The molecule has 6 nitrogen and oxygen atoms in total. The number of aromatic nitrogens is 4. The van der Waals surface area contributed by atoms with Crippen LogP contribution >= 0.6 is 0 Å². The molecule has 0 unspecified atom stereocenters. The minimum atomic E-state index is 0.295. The molecule has 68 valence electrons. The van der Waals surface area contributed by atoms with Gasteiger partial charge in [0.25, 0.3) is 0 Å². The fourth-order valence-electron chi connectivity index (χ4n) is 1.07. The molecule has 0 radical (unpaired) electrons. The van der Waals surface area contributed by atoms with E-state index in [1.807, 2.05) is 6.92 Å². The molecule has 0 atom stereocenters. The van der Waals surface area contributed by atoms with E-state index in [2.05, 4.69) is 19.9 Å². The third-order valence-electron chi connectivity index (χ3n) is 1.62. The van der Waals surface area contributed by atoms with Crippen molar-refractivity contribution in [3.63, 3.8) is 0 Å². The molecule has 0 aliphatic carbocycles. The molecule has 0 saturated heterocycles. The van der Waals surface area contributed by atoms with Gasteiger partial charge >= 0.3 is 11.7 Å². The highest BCUT2D eigenvalue weighted by atomic mass is 16.5. The number of nitrogens with one attached hydrogen (secondary N) is 2. The average Bonchev–Trinajstić information content (AvgIpc) is 2.53. The van der Waals surface area contributed by atoms with E-state index in [0.29, 0.717) is 29.6 Å². The number of nitrogen functional groups attached to an aromatic ring is 1. The first-order chi connectivity index (χ1) is 6.31. The topological polar surface area (TPSA) is 91.0 Å². The van der Waals surface area contributed by atoms with Gasteiger partial charge in [0.1, 0.15) is 0 Å². The summed E-state index contributed by atoms with van der Waals surface area (Å²) in [5.41, 5.74) is 7.00. The summed E-state index contributed by atoms with van der Waals surface area (Å²) in [5.74, 6) is 0.384. The van der Waals surface area contributed by atoms with Gasteiger partial charge < -0.3 is 10.5 Å². The Hall–Kier alpha value is -1.85. The Morgan fingerprint density at radius 3 is 3.23 bits per heavy atom. The maximum Gasteiger partial charge on any atom is 0.397 e. The van der Waals surface area contributed by atoms with Crippen molar-refractivity contribution < 1.29 is 9.72 Å². The van der Waals surface area contributed by atoms with E-state index >= 15 is 0 Å². The molecule has 4 N–H and O–H groups in total. The molecule has 0 spiro atoms. The van der Waals surface area contributed by atoms with Crippen LogP contribution < -0.4 is 15.5 Å². The maximum absolute atomic E-state index is 5.65. The monoisotopic (exact) mass is 180 g/mol. The highest BCUT2D eigenvalue weighted by Crippen LogP contribution is 2.14. The van der Waals surface area contributed by atoms with Crippen molar-refractivity contribution >= 4 is 17.0 Å². The van der Waals surface area contributed by atoms with Crippen LogP contribution in [0, 0.1) is 0 Å². The number of aromatic amines is 2. The predicted octanol–water partition coefficient (Wildman–Crippen LogP) is -0.247. The number of ether oxygens (including phenoxy) is 1. The van der Waals surface area contributed by atoms with Crippen LogP contribution in [0.4, 0.5) is 5.82 Å². The Bertz CT molecular complexity index is 424. The molecular formula is C7H10N5O+. The fourth-order valence-corrected chi connectivity index (χ4v) is 1.07. The van der Waals surface area contributed by atoms with E-state index in [0.717, 1.165) is 0 Å². The number of nitrogens with zero attached hydrogens (tertiary/aromatic N) is 2. The second-order valence-corrected chi connectivity index (χ2v) is 2.48. The van der Waals surface area contributed by atoms with E-state index in [-0.39, 0.29) is 0 Å². The molecule has 13 heavy (non-hydrogen) atoms. The minimum Gasteiger partial charge on any atom is -0.451 e. The van der Waals surface area contributed by atoms with Gasteiger partial charge in [0, 0.05) is 0 Å². The highest BCUT2D eigenvalue weighted by Gasteiger charge is 2.13. The van der Waals surface area contributed by atoms with E-state index < -0.39 is 0 Å². The number of H-pyrrole nitrogens is 2. The van der Waals surface area contributed by atoms with Crippen LogP contribution in [-0.4, -0.2) is 21.6 Å². The number of anilines is 1. The van der Waals surface area contributed by atoms with E-state index in [1.54, 1.807) is 6.33 Å². The van der Waals surface area contributed by atoms with Crippen LogP contribution in [0.2, 0.25) is 0 Å². The summed E-state index contributed by atoms with van der Waals surface area (Å²) < 4.78 is 5.13. The summed E-state index contributed by atoms with van der Waals surface area (Å²) in [5, 5.41) is 0. The van der Waals surface area contributed by atoms with Gasteiger partial charge in [-0.05, 0) is 11.9 Å². The zero-order valence-electron chi connectivity index (χ0n) is 7.16. The summed E-state index contributed by atoms with van der Waals surface area (Å²) >= 11 is 0. The zero-order valence-corrected chi connectivity index (χ0v) is 7.16. The minimum absolute atomic E-state index is 0.295. The SMILES string of the molecule is CCOc1nc(N)c2[nH]c[nH+]c2n1. The Morgan fingerprint density at radius 2 is 2.46 bits per heavy atom. The number of fused-ring (bicyclic) bond motifs is 1. The van der Waals surface area contributed by atoms with Gasteiger partial charge in [-0.2, -0.15) is 4.98 Å². The van der Waals surface area contributed by atoms with E-state index in [1.165, 1.54) is 0 Å². The van der Waals surface area contributed by atoms with Crippen molar-refractivity contribution in [3.05, 3.63) is 6.33 Å². The largest absolute Gasteiger partial charge is 0.451 e. The normalized spacial score (nSPS) is 10.5. The molecule has 2 rings (SSSR count). The Morgan fingerprint density at radius 1 is 1.62 bits per heavy atom. The van der Waals surface area contributed by atoms with E-state index in [4.69, 9.17) is 10.5 Å². The number of rotatable bonds is 2. The van der Waals surface area contributed by atoms with Crippen LogP contribution in [-0.2, 0) is 0 Å². The van der Waals surface area contributed by atoms with Crippen molar-refractivity contribution in [1.29, 1.82) is 0 Å². The second-order valence-electron chi connectivity index (χ2n) is 2.48. The third kappa shape index (κ3) is 1.26. The highest BCUT2D eigenvalue weighted by molar-refractivity contribution is 5.78. The molecule has 0 aromatic carbocycles. The van der Waals surface area contributed by atoms with Crippen molar-refractivity contribution in [3.8, 4) is 6.01 Å². The van der Waals surface area contributed by atoms with Crippen molar-refractivity contribution in [2.75, 3.05) is 12.3 Å². The lowest BCUT2D eigenvalue weighted by molar-refractivity contribution is -0.347. The Labute approximate surface area is 74.2 Å². The lowest BCUT2D eigenvalue weighted by Crippen LogP contribution is -2.05. The van der Waals surface area contributed by atoms with Crippen molar-refractivity contribution in [2.45, 2.75) is 6.92 Å². The molecule has 2 aromatic heterocycles. The second kappa shape index (κ2) is 2.89. The third-order valence-corrected chi connectivity index (χ3v) is 1.62. The molecule has 2 aromatic rings. The number of hydrogen-bond acceptors (Lipinski definition) is 4. The van der Waals surface area contributed by atoms with Crippen molar-refractivity contribution in [2.24, 2.45) is 0 Å². The van der Waals surface area contributed by atoms with Crippen LogP contribution in [0.15, 0.2) is 6.33 Å².